The van der Waals surface area contributed by atoms with E-state index in [0.717, 1.165) is 5.56 Å². The van der Waals surface area contributed by atoms with Gasteiger partial charge in [-0.25, -0.2) is 4.79 Å². The maximum absolute atomic E-state index is 11.9. The quantitative estimate of drug-likeness (QED) is 0.557. The zero-order valence-corrected chi connectivity index (χ0v) is 11.7. The van der Waals surface area contributed by atoms with Gasteiger partial charge in [-0.05, 0) is 12.5 Å². The third-order valence-corrected chi connectivity index (χ3v) is 2.85. The Kier molecular flexibility index (Phi) is 5.95. The lowest BCUT2D eigenvalue weighted by atomic mass is 10.1. The molecule has 0 radical (unpaired) electrons. The summed E-state index contributed by atoms with van der Waals surface area (Å²) in [6.07, 6.45) is -0.844. The molecule has 1 aromatic carbocycles. The molecule has 106 valence electrons. The summed E-state index contributed by atoms with van der Waals surface area (Å²) in [5.74, 6) is -0.544. The van der Waals surface area contributed by atoms with Crippen molar-refractivity contribution in [2.24, 2.45) is 0 Å². The van der Waals surface area contributed by atoms with Gasteiger partial charge in [0.2, 0.25) is 5.60 Å². The lowest BCUT2D eigenvalue weighted by Gasteiger charge is -2.32. The van der Waals surface area contributed by atoms with E-state index in [1.165, 1.54) is 21.3 Å². The van der Waals surface area contributed by atoms with E-state index in [4.69, 9.17) is 18.9 Å². The SMILES string of the molecule is COC(=O)[C@](C)(OCc1ccccc1)C(OC)OC. The normalized spacial score (nSPS) is 14.2. The summed E-state index contributed by atoms with van der Waals surface area (Å²) in [4.78, 5) is 11.9. The number of carbonyl (C=O) groups excluding carboxylic acids is 1. The molecule has 0 unspecified atom stereocenters. The van der Waals surface area contributed by atoms with E-state index in [1.807, 2.05) is 30.3 Å². The summed E-state index contributed by atoms with van der Waals surface area (Å²) >= 11 is 0. The third kappa shape index (κ3) is 3.76. The van der Waals surface area contributed by atoms with Crippen LogP contribution in [0, 0.1) is 0 Å². The molecule has 0 saturated heterocycles. The molecule has 0 spiro atoms. The van der Waals surface area contributed by atoms with Crippen molar-refractivity contribution in [1.82, 2.24) is 0 Å². The molecule has 1 aromatic rings. The van der Waals surface area contributed by atoms with Gasteiger partial charge in [-0.2, -0.15) is 0 Å². The molecule has 0 saturated carbocycles. The summed E-state index contributed by atoms with van der Waals surface area (Å²) in [6.45, 7) is 1.84. The molecule has 5 nitrogen and oxygen atoms in total. The van der Waals surface area contributed by atoms with E-state index in [9.17, 15) is 4.79 Å². The predicted octanol–water partition coefficient (Wildman–Crippen LogP) is 1.75. The molecule has 1 rings (SSSR count). The highest BCUT2D eigenvalue weighted by Gasteiger charge is 2.45. The Morgan fingerprint density at radius 3 is 2.21 bits per heavy atom. The van der Waals surface area contributed by atoms with Crippen LogP contribution in [-0.4, -0.2) is 39.2 Å². The number of hydrogen-bond donors (Lipinski definition) is 0. The van der Waals surface area contributed by atoms with Crippen LogP contribution in [0.25, 0.3) is 0 Å². The topological polar surface area (TPSA) is 54.0 Å². The molecule has 0 bridgehead atoms. The van der Waals surface area contributed by atoms with E-state index >= 15 is 0 Å². The molecule has 0 amide bonds. The molecule has 19 heavy (non-hydrogen) atoms. The van der Waals surface area contributed by atoms with Crippen LogP contribution in [0.2, 0.25) is 0 Å². The summed E-state index contributed by atoms with van der Waals surface area (Å²) in [6, 6.07) is 9.53. The highest BCUT2D eigenvalue weighted by atomic mass is 16.7. The summed E-state index contributed by atoms with van der Waals surface area (Å²) in [7, 11) is 4.19. The van der Waals surface area contributed by atoms with Crippen molar-refractivity contribution in [1.29, 1.82) is 0 Å². The second-order valence-electron chi connectivity index (χ2n) is 4.18. The van der Waals surface area contributed by atoms with Gasteiger partial charge in [-0.1, -0.05) is 30.3 Å². The Bertz CT molecular complexity index is 388. The summed E-state index contributed by atoms with van der Waals surface area (Å²) < 4.78 is 20.7. The van der Waals surface area contributed by atoms with Crippen LogP contribution in [0.5, 0.6) is 0 Å². The van der Waals surface area contributed by atoms with Crippen LogP contribution in [0.15, 0.2) is 30.3 Å². The van der Waals surface area contributed by atoms with E-state index in [0.29, 0.717) is 0 Å². The largest absolute Gasteiger partial charge is 0.467 e. The van der Waals surface area contributed by atoms with Gasteiger partial charge >= 0.3 is 5.97 Å². The summed E-state index contributed by atoms with van der Waals surface area (Å²) in [5.41, 5.74) is -0.378. The van der Waals surface area contributed by atoms with Crippen molar-refractivity contribution < 1.29 is 23.7 Å². The maximum Gasteiger partial charge on any atom is 0.343 e. The fraction of sp³-hybridized carbons (Fsp3) is 0.500. The van der Waals surface area contributed by atoms with Crippen molar-refractivity contribution in [3.63, 3.8) is 0 Å². The molecular formula is C14H20O5. The van der Waals surface area contributed by atoms with Gasteiger partial charge in [0, 0.05) is 14.2 Å². The first-order chi connectivity index (χ1) is 9.08. The monoisotopic (exact) mass is 268 g/mol. The van der Waals surface area contributed by atoms with Gasteiger partial charge in [0.15, 0.2) is 6.29 Å². The second-order valence-corrected chi connectivity index (χ2v) is 4.18. The number of methoxy groups -OCH3 is 3. The lowest BCUT2D eigenvalue weighted by Crippen LogP contribution is -2.51. The minimum atomic E-state index is -1.33. The minimum absolute atomic E-state index is 0.260. The molecular weight excluding hydrogens is 248 g/mol. The van der Waals surface area contributed by atoms with Crippen molar-refractivity contribution >= 4 is 5.97 Å². The zero-order chi connectivity index (χ0) is 14.3. The molecule has 0 aromatic heterocycles. The molecule has 0 heterocycles. The van der Waals surface area contributed by atoms with Crippen molar-refractivity contribution in [2.45, 2.75) is 25.4 Å². The first kappa shape index (κ1) is 15.6. The number of benzene rings is 1. The van der Waals surface area contributed by atoms with Gasteiger partial charge in [0.25, 0.3) is 0 Å². The van der Waals surface area contributed by atoms with E-state index in [-0.39, 0.29) is 6.61 Å². The molecule has 0 aliphatic rings. The molecule has 0 aliphatic carbocycles. The fourth-order valence-electron chi connectivity index (χ4n) is 1.78. The van der Waals surface area contributed by atoms with Gasteiger partial charge in [-0.3, -0.25) is 0 Å². The Labute approximate surface area is 113 Å². The zero-order valence-electron chi connectivity index (χ0n) is 11.7. The van der Waals surface area contributed by atoms with Crippen LogP contribution in [-0.2, 0) is 30.3 Å². The lowest BCUT2D eigenvalue weighted by molar-refractivity contribution is -0.239. The van der Waals surface area contributed by atoms with Crippen molar-refractivity contribution in [3.05, 3.63) is 35.9 Å². The van der Waals surface area contributed by atoms with Gasteiger partial charge in [0.05, 0.1) is 13.7 Å². The Hall–Kier alpha value is -1.43. The summed E-state index contributed by atoms with van der Waals surface area (Å²) in [5, 5.41) is 0. The van der Waals surface area contributed by atoms with Crippen LogP contribution < -0.4 is 0 Å². The predicted molar refractivity (Wildman–Crippen MR) is 69.5 cm³/mol. The molecule has 0 aliphatic heterocycles. The van der Waals surface area contributed by atoms with Gasteiger partial charge in [-0.15, -0.1) is 0 Å². The Morgan fingerprint density at radius 1 is 1.16 bits per heavy atom. The average molecular weight is 268 g/mol. The second kappa shape index (κ2) is 7.23. The van der Waals surface area contributed by atoms with Crippen molar-refractivity contribution in [3.8, 4) is 0 Å². The third-order valence-electron chi connectivity index (χ3n) is 2.85. The maximum atomic E-state index is 11.9. The Balaban J connectivity index is 2.83. The smallest absolute Gasteiger partial charge is 0.343 e. The number of carbonyl (C=O) groups is 1. The minimum Gasteiger partial charge on any atom is -0.467 e. The highest BCUT2D eigenvalue weighted by molar-refractivity contribution is 5.79. The first-order valence-corrected chi connectivity index (χ1v) is 5.90. The fourth-order valence-corrected chi connectivity index (χ4v) is 1.78. The van der Waals surface area contributed by atoms with Crippen molar-refractivity contribution in [2.75, 3.05) is 21.3 Å². The number of rotatable bonds is 7. The molecule has 0 N–H and O–H groups in total. The van der Waals surface area contributed by atoms with E-state index in [1.54, 1.807) is 6.92 Å². The molecule has 1 atom stereocenters. The van der Waals surface area contributed by atoms with E-state index < -0.39 is 17.9 Å². The van der Waals surface area contributed by atoms with Gasteiger partial charge < -0.3 is 18.9 Å². The van der Waals surface area contributed by atoms with Gasteiger partial charge in [0.1, 0.15) is 0 Å². The first-order valence-electron chi connectivity index (χ1n) is 5.90. The molecule has 5 heteroatoms. The standard InChI is InChI=1S/C14H20O5/c1-14(12(15)16-2,13(17-3)18-4)19-10-11-8-6-5-7-9-11/h5-9,13H,10H2,1-4H3/t14-/m0/s1. The number of hydrogen-bond acceptors (Lipinski definition) is 5. The van der Waals surface area contributed by atoms with Crippen LogP contribution in [0.4, 0.5) is 0 Å². The van der Waals surface area contributed by atoms with Crippen LogP contribution in [0.1, 0.15) is 12.5 Å². The van der Waals surface area contributed by atoms with Crippen LogP contribution >= 0.6 is 0 Å². The van der Waals surface area contributed by atoms with E-state index in [2.05, 4.69) is 0 Å². The number of ether oxygens (including phenoxy) is 4. The molecule has 0 fully saturated rings. The van der Waals surface area contributed by atoms with Crippen LogP contribution in [0.3, 0.4) is 0 Å². The number of esters is 1. The Morgan fingerprint density at radius 2 is 1.74 bits per heavy atom. The highest BCUT2D eigenvalue weighted by Crippen LogP contribution is 2.22. The average Bonchev–Trinajstić information content (AvgIpc) is 2.46.